The molecule has 1 saturated heterocycles. The molecule has 1 amide bonds. The van der Waals surface area contributed by atoms with Crippen molar-refractivity contribution in [3.05, 3.63) is 29.0 Å². The van der Waals surface area contributed by atoms with Gasteiger partial charge in [0, 0.05) is 18.9 Å². The third-order valence-corrected chi connectivity index (χ3v) is 3.30. The second kappa shape index (κ2) is 5.22. The van der Waals surface area contributed by atoms with Crippen molar-refractivity contribution in [2.75, 3.05) is 18.5 Å². The Morgan fingerprint density at radius 3 is 2.72 bits per heavy atom. The van der Waals surface area contributed by atoms with Gasteiger partial charge in [0.1, 0.15) is 11.4 Å². The van der Waals surface area contributed by atoms with E-state index in [0.29, 0.717) is 31.7 Å². The van der Waals surface area contributed by atoms with Crippen molar-refractivity contribution in [2.45, 2.75) is 18.4 Å². The van der Waals surface area contributed by atoms with Gasteiger partial charge < -0.3 is 15.8 Å². The molecule has 18 heavy (non-hydrogen) atoms. The number of rotatable bonds is 2. The minimum absolute atomic E-state index is 0.0363. The standard InChI is InChI=1S/C12H14ClFN2O2/c13-9-7-8(1-2-10(9)14)16-11(17)12(15)3-5-18-6-4-12/h1-2,7H,3-6,15H2,(H,16,17). The predicted molar refractivity (Wildman–Crippen MR) is 67.0 cm³/mol. The lowest BCUT2D eigenvalue weighted by molar-refractivity contribution is -0.124. The van der Waals surface area contributed by atoms with Gasteiger partial charge in [-0.25, -0.2) is 4.39 Å². The van der Waals surface area contributed by atoms with Crippen LogP contribution in [0.4, 0.5) is 10.1 Å². The lowest BCUT2D eigenvalue weighted by Crippen LogP contribution is -2.54. The van der Waals surface area contributed by atoms with Crippen LogP contribution in [0.2, 0.25) is 5.02 Å². The van der Waals surface area contributed by atoms with Gasteiger partial charge >= 0.3 is 0 Å². The van der Waals surface area contributed by atoms with E-state index in [0.717, 1.165) is 0 Å². The molecule has 1 aromatic rings. The van der Waals surface area contributed by atoms with Crippen LogP contribution in [0.3, 0.4) is 0 Å². The van der Waals surface area contributed by atoms with Gasteiger partial charge in [-0.05, 0) is 31.0 Å². The molecular weight excluding hydrogens is 259 g/mol. The number of carbonyl (C=O) groups is 1. The van der Waals surface area contributed by atoms with Crippen molar-refractivity contribution < 1.29 is 13.9 Å². The number of hydrogen-bond donors (Lipinski definition) is 2. The highest BCUT2D eigenvalue weighted by Crippen LogP contribution is 2.23. The molecule has 98 valence electrons. The summed E-state index contributed by atoms with van der Waals surface area (Å²) in [7, 11) is 0. The van der Waals surface area contributed by atoms with Gasteiger partial charge in [0.05, 0.1) is 5.02 Å². The van der Waals surface area contributed by atoms with Crippen molar-refractivity contribution in [1.82, 2.24) is 0 Å². The lowest BCUT2D eigenvalue weighted by atomic mass is 9.90. The average Bonchev–Trinajstić information content (AvgIpc) is 2.35. The highest BCUT2D eigenvalue weighted by Gasteiger charge is 2.35. The van der Waals surface area contributed by atoms with E-state index < -0.39 is 11.4 Å². The minimum Gasteiger partial charge on any atom is -0.381 e. The summed E-state index contributed by atoms with van der Waals surface area (Å²) in [5.74, 6) is -0.823. The molecule has 0 spiro atoms. The molecule has 2 rings (SSSR count). The van der Waals surface area contributed by atoms with Crippen molar-refractivity contribution >= 4 is 23.2 Å². The van der Waals surface area contributed by atoms with E-state index >= 15 is 0 Å². The number of anilines is 1. The Morgan fingerprint density at radius 1 is 1.44 bits per heavy atom. The zero-order valence-corrected chi connectivity index (χ0v) is 10.5. The fourth-order valence-corrected chi connectivity index (χ4v) is 1.97. The van der Waals surface area contributed by atoms with Crippen molar-refractivity contribution in [1.29, 1.82) is 0 Å². The first-order valence-electron chi connectivity index (χ1n) is 5.64. The number of nitrogens with one attached hydrogen (secondary N) is 1. The SMILES string of the molecule is NC1(C(=O)Nc2ccc(F)c(Cl)c2)CCOCC1. The van der Waals surface area contributed by atoms with E-state index in [1.165, 1.54) is 18.2 Å². The Balaban J connectivity index is 2.08. The fourth-order valence-electron chi connectivity index (χ4n) is 1.79. The van der Waals surface area contributed by atoms with E-state index in [1.807, 2.05) is 0 Å². The summed E-state index contributed by atoms with van der Waals surface area (Å²) in [5, 5.41) is 2.61. The van der Waals surface area contributed by atoms with Gasteiger partial charge in [0.15, 0.2) is 0 Å². The number of carbonyl (C=O) groups excluding carboxylic acids is 1. The first-order chi connectivity index (χ1) is 8.51. The van der Waals surface area contributed by atoms with Crippen molar-refractivity contribution in [2.24, 2.45) is 5.73 Å². The van der Waals surface area contributed by atoms with Gasteiger partial charge in [0.2, 0.25) is 5.91 Å². The third-order valence-electron chi connectivity index (χ3n) is 3.01. The third kappa shape index (κ3) is 2.80. The number of benzene rings is 1. The second-order valence-electron chi connectivity index (χ2n) is 4.35. The van der Waals surface area contributed by atoms with Crippen LogP contribution < -0.4 is 11.1 Å². The molecule has 1 heterocycles. The zero-order valence-electron chi connectivity index (χ0n) is 9.71. The van der Waals surface area contributed by atoms with E-state index in [-0.39, 0.29) is 10.9 Å². The smallest absolute Gasteiger partial charge is 0.244 e. The largest absolute Gasteiger partial charge is 0.381 e. The molecule has 0 aromatic heterocycles. The van der Waals surface area contributed by atoms with Crippen LogP contribution in [0.1, 0.15) is 12.8 Å². The molecule has 0 saturated carbocycles. The molecule has 1 aliphatic heterocycles. The second-order valence-corrected chi connectivity index (χ2v) is 4.76. The molecule has 3 N–H and O–H groups in total. The van der Waals surface area contributed by atoms with Gasteiger partial charge in [-0.15, -0.1) is 0 Å². The van der Waals surface area contributed by atoms with E-state index in [2.05, 4.69) is 5.32 Å². The summed E-state index contributed by atoms with van der Waals surface area (Å²) < 4.78 is 18.1. The maximum atomic E-state index is 13.0. The van der Waals surface area contributed by atoms with Crippen molar-refractivity contribution in [3.8, 4) is 0 Å². The van der Waals surface area contributed by atoms with Crippen LogP contribution in [-0.2, 0) is 9.53 Å². The quantitative estimate of drug-likeness (QED) is 0.865. The van der Waals surface area contributed by atoms with Crippen LogP contribution in [0.15, 0.2) is 18.2 Å². The number of hydrogen-bond acceptors (Lipinski definition) is 3. The van der Waals surface area contributed by atoms with Crippen LogP contribution in [0.25, 0.3) is 0 Å². The van der Waals surface area contributed by atoms with Gasteiger partial charge in [-0.1, -0.05) is 11.6 Å². The van der Waals surface area contributed by atoms with E-state index in [1.54, 1.807) is 0 Å². The monoisotopic (exact) mass is 272 g/mol. The molecule has 1 aliphatic rings. The summed E-state index contributed by atoms with van der Waals surface area (Å²) in [6.07, 6.45) is 0.932. The maximum absolute atomic E-state index is 13.0. The van der Waals surface area contributed by atoms with Crippen LogP contribution in [0.5, 0.6) is 0 Å². The molecule has 0 atom stereocenters. The molecule has 6 heteroatoms. The Hall–Kier alpha value is -1.17. The summed E-state index contributed by atoms with van der Waals surface area (Å²) in [5.41, 5.74) is 5.52. The molecule has 4 nitrogen and oxygen atoms in total. The Bertz CT molecular complexity index is 461. The number of halogens is 2. The summed E-state index contributed by atoms with van der Waals surface area (Å²) in [4.78, 5) is 12.1. The first-order valence-corrected chi connectivity index (χ1v) is 6.02. The van der Waals surface area contributed by atoms with E-state index in [4.69, 9.17) is 22.1 Å². The molecular formula is C12H14ClFN2O2. The topological polar surface area (TPSA) is 64.4 Å². The minimum atomic E-state index is -0.931. The molecule has 0 unspecified atom stereocenters. The van der Waals surface area contributed by atoms with Crippen molar-refractivity contribution in [3.63, 3.8) is 0 Å². The fraction of sp³-hybridized carbons (Fsp3) is 0.417. The molecule has 0 aliphatic carbocycles. The van der Waals surface area contributed by atoms with Crippen LogP contribution in [-0.4, -0.2) is 24.7 Å². The molecule has 0 bridgehead atoms. The molecule has 1 aromatic carbocycles. The maximum Gasteiger partial charge on any atom is 0.244 e. The number of nitrogens with two attached hydrogens (primary N) is 1. The van der Waals surface area contributed by atoms with Crippen LogP contribution in [0, 0.1) is 5.82 Å². The highest BCUT2D eigenvalue weighted by molar-refractivity contribution is 6.31. The Morgan fingerprint density at radius 2 is 2.11 bits per heavy atom. The van der Waals surface area contributed by atoms with Gasteiger partial charge in [-0.2, -0.15) is 0 Å². The molecule has 0 radical (unpaired) electrons. The summed E-state index contributed by atoms with van der Waals surface area (Å²) in [6.45, 7) is 0.933. The van der Waals surface area contributed by atoms with Gasteiger partial charge in [-0.3, -0.25) is 4.79 Å². The molecule has 1 fully saturated rings. The van der Waals surface area contributed by atoms with Crippen LogP contribution >= 0.6 is 11.6 Å². The van der Waals surface area contributed by atoms with E-state index in [9.17, 15) is 9.18 Å². The summed E-state index contributed by atoms with van der Waals surface area (Å²) in [6, 6.07) is 4.00. The Labute approximate surface area is 109 Å². The number of ether oxygens (including phenoxy) is 1. The summed E-state index contributed by atoms with van der Waals surface area (Å²) >= 11 is 5.64. The zero-order chi connectivity index (χ0) is 13.2. The average molecular weight is 273 g/mol. The number of amides is 1. The lowest BCUT2D eigenvalue weighted by Gasteiger charge is -2.31. The highest BCUT2D eigenvalue weighted by atomic mass is 35.5. The van der Waals surface area contributed by atoms with Gasteiger partial charge in [0.25, 0.3) is 0 Å². The predicted octanol–water partition coefficient (Wildman–Crippen LogP) is 1.93. The first kappa shape index (κ1) is 13.3. The normalized spacial score (nSPS) is 18.4. The Kier molecular flexibility index (Phi) is 3.85.